The minimum atomic E-state index is -0.705. The number of carbonyl (C=O) groups excluding carboxylic acids is 1. The minimum absolute atomic E-state index is 0.0569. The highest BCUT2D eigenvalue weighted by atomic mass is 19.1. The molecule has 6 heterocycles. The molecule has 10 nitrogen and oxygen atoms in total. The van der Waals surface area contributed by atoms with Crippen LogP contribution in [0.3, 0.4) is 0 Å². The van der Waals surface area contributed by atoms with Gasteiger partial charge in [0.25, 0.3) is 5.91 Å². The zero-order valence-electron chi connectivity index (χ0n) is 19.1. The summed E-state index contributed by atoms with van der Waals surface area (Å²) in [4.78, 5) is 27.7. The molecule has 0 fully saturated rings. The van der Waals surface area contributed by atoms with E-state index >= 15 is 0 Å². The second-order valence-corrected chi connectivity index (χ2v) is 8.77. The van der Waals surface area contributed by atoms with Crippen LogP contribution in [-0.2, 0) is 13.5 Å². The van der Waals surface area contributed by atoms with Gasteiger partial charge in [-0.25, -0.2) is 18.9 Å². The quantitative estimate of drug-likeness (QED) is 0.413. The van der Waals surface area contributed by atoms with Crippen LogP contribution >= 0.6 is 0 Å². The van der Waals surface area contributed by atoms with Crippen molar-refractivity contribution in [3.05, 3.63) is 90.1 Å². The van der Waals surface area contributed by atoms with Gasteiger partial charge < -0.3 is 14.3 Å². The highest BCUT2D eigenvalue weighted by Crippen LogP contribution is 2.36. The van der Waals surface area contributed by atoms with E-state index in [-0.39, 0.29) is 17.4 Å². The summed E-state index contributed by atoms with van der Waals surface area (Å²) < 4.78 is 23.6. The van der Waals surface area contributed by atoms with E-state index in [0.717, 1.165) is 16.8 Å². The fourth-order valence-corrected chi connectivity index (χ4v) is 4.84. The molecule has 1 aromatic carbocycles. The number of oxazole rings is 1. The van der Waals surface area contributed by atoms with Gasteiger partial charge in [0, 0.05) is 49.2 Å². The number of aryl methyl sites for hydroxylation is 1. The maximum atomic E-state index is 14.4. The third-order valence-electron chi connectivity index (χ3n) is 6.59. The number of aromatic nitrogens is 7. The third kappa shape index (κ3) is 3.05. The van der Waals surface area contributed by atoms with Crippen molar-refractivity contribution in [2.45, 2.75) is 12.5 Å². The molecule has 0 unspecified atom stereocenters. The number of H-pyrrole nitrogens is 1. The number of imidazole rings is 1. The fraction of sp³-hybridized carbons (Fsp3) is 0.160. The summed E-state index contributed by atoms with van der Waals surface area (Å²) in [5.41, 5.74) is 4.98. The van der Waals surface area contributed by atoms with Crippen molar-refractivity contribution in [2.24, 2.45) is 7.05 Å². The van der Waals surface area contributed by atoms with Crippen LogP contribution in [0, 0.1) is 5.82 Å². The topological polar surface area (TPSA) is 110 Å². The van der Waals surface area contributed by atoms with E-state index in [4.69, 9.17) is 4.42 Å². The van der Waals surface area contributed by atoms with E-state index in [1.165, 1.54) is 6.07 Å². The number of nitrogens with one attached hydrogen (secondary N) is 1. The molecule has 0 aliphatic carbocycles. The number of pyridine rings is 1. The summed E-state index contributed by atoms with van der Waals surface area (Å²) in [5.74, 6) is -0.526. The van der Waals surface area contributed by atoms with Gasteiger partial charge in [0.15, 0.2) is 17.4 Å². The van der Waals surface area contributed by atoms with Crippen LogP contribution in [0.15, 0.2) is 65.9 Å². The molecule has 0 radical (unpaired) electrons. The number of nitrogens with zero attached hydrogens (tertiary/aromatic N) is 7. The van der Waals surface area contributed by atoms with Gasteiger partial charge in [-0.15, -0.1) is 0 Å². The molecule has 1 amide bonds. The summed E-state index contributed by atoms with van der Waals surface area (Å²) in [6, 6.07) is 7.68. The molecule has 1 N–H and O–H groups in total. The van der Waals surface area contributed by atoms with Gasteiger partial charge in [0.1, 0.15) is 5.52 Å². The van der Waals surface area contributed by atoms with Gasteiger partial charge in [0.2, 0.25) is 5.89 Å². The van der Waals surface area contributed by atoms with E-state index in [0.29, 0.717) is 35.3 Å². The Balaban J connectivity index is 1.31. The summed E-state index contributed by atoms with van der Waals surface area (Å²) >= 11 is 0. The summed E-state index contributed by atoms with van der Waals surface area (Å²) in [7, 11) is 1.86. The van der Waals surface area contributed by atoms with Gasteiger partial charge >= 0.3 is 0 Å². The highest BCUT2D eigenvalue weighted by Gasteiger charge is 2.38. The summed E-state index contributed by atoms with van der Waals surface area (Å²) in [6.45, 7) is 0.408. The summed E-state index contributed by atoms with van der Waals surface area (Å²) in [5, 5.41) is 8.66. The molecule has 0 spiro atoms. The molecule has 7 rings (SSSR count). The number of aromatic amines is 1. The number of para-hydroxylation sites is 1. The lowest BCUT2D eigenvalue weighted by Crippen LogP contribution is -2.40. The average molecular weight is 482 g/mol. The molecule has 0 bridgehead atoms. The Morgan fingerprint density at radius 2 is 2.06 bits per heavy atom. The first-order valence-corrected chi connectivity index (χ1v) is 11.4. The Hall–Kier alpha value is -4.80. The predicted octanol–water partition coefficient (Wildman–Crippen LogP) is 3.53. The number of benzene rings is 1. The molecule has 0 saturated heterocycles. The molecule has 1 atom stereocenters. The van der Waals surface area contributed by atoms with Gasteiger partial charge in [-0.3, -0.25) is 9.48 Å². The second-order valence-electron chi connectivity index (χ2n) is 8.77. The zero-order valence-corrected chi connectivity index (χ0v) is 19.1. The molecule has 5 aromatic heterocycles. The van der Waals surface area contributed by atoms with E-state index in [9.17, 15) is 9.18 Å². The van der Waals surface area contributed by atoms with E-state index in [2.05, 4.69) is 25.1 Å². The smallest absolute Gasteiger partial charge is 0.258 e. The maximum absolute atomic E-state index is 14.4. The molecule has 1 aliphatic heterocycles. The maximum Gasteiger partial charge on any atom is 0.258 e. The fourth-order valence-electron chi connectivity index (χ4n) is 4.84. The molecule has 11 heteroatoms. The van der Waals surface area contributed by atoms with Crippen molar-refractivity contribution < 1.29 is 13.6 Å². The monoisotopic (exact) mass is 482 g/mol. The van der Waals surface area contributed by atoms with Gasteiger partial charge in [-0.05, 0) is 18.2 Å². The first-order valence-electron chi connectivity index (χ1n) is 11.4. The van der Waals surface area contributed by atoms with Crippen molar-refractivity contribution in [3.8, 4) is 11.1 Å². The molecular weight excluding hydrogens is 463 g/mol. The zero-order chi connectivity index (χ0) is 24.4. The predicted molar refractivity (Wildman–Crippen MR) is 127 cm³/mol. The number of halogens is 1. The Morgan fingerprint density at radius 1 is 1.14 bits per heavy atom. The summed E-state index contributed by atoms with van der Waals surface area (Å²) in [6.07, 6.45) is 9.31. The minimum Gasteiger partial charge on any atom is -0.435 e. The molecule has 36 heavy (non-hydrogen) atoms. The van der Waals surface area contributed by atoms with Crippen LogP contribution in [0.5, 0.6) is 0 Å². The van der Waals surface area contributed by atoms with E-state index in [1.807, 2.05) is 31.6 Å². The number of hydrogen-bond donors (Lipinski definition) is 1. The molecular formula is C25H19FN8O2. The number of hydrogen-bond acceptors (Lipinski definition) is 6. The van der Waals surface area contributed by atoms with Crippen LogP contribution in [0.4, 0.5) is 4.39 Å². The average Bonchev–Trinajstić information content (AvgIpc) is 3.68. The van der Waals surface area contributed by atoms with E-state index in [1.54, 1.807) is 45.0 Å². The van der Waals surface area contributed by atoms with Crippen LogP contribution in [0.25, 0.3) is 27.7 Å². The SMILES string of the molecule is Cn1cc(-c2ccc3c(C(=O)N4CCc5[nH]cnc5[C@H]4c4nc5cccc(F)c5o4)cnn3c2)cn1. The Bertz CT molecular complexity index is 1780. The van der Waals surface area contributed by atoms with Gasteiger partial charge in [-0.1, -0.05) is 12.1 Å². The lowest BCUT2D eigenvalue weighted by Gasteiger charge is -2.32. The first kappa shape index (κ1) is 20.6. The molecule has 178 valence electrons. The lowest BCUT2D eigenvalue weighted by molar-refractivity contribution is 0.0669. The van der Waals surface area contributed by atoms with E-state index < -0.39 is 11.9 Å². The van der Waals surface area contributed by atoms with Gasteiger partial charge in [0.05, 0.1) is 35.5 Å². The highest BCUT2D eigenvalue weighted by molar-refractivity contribution is 6.01. The standard InChI is InChI=1S/C25H19FN8O2/c1-32-11-15(9-29-32)14-5-6-20-16(10-30-34(20)12-14)25(35)33-8-7-18-21(28-13-27-18)22(33)24-31-19-4-2-3-17(26)23(19)36-24/h2-6,9-13,22H,7-8H2,1H3,(H,27,28)/t22-/m0/s1. The van der Waals surface area contributed by atoms with Crippen molar-refractivity contribution in [1.29, 1.82) is 0 Å². The van der Waals surface area contributed by atoms with Crippen LogP contribution in [0.2, 0.25) is 0 Å². The molecule has 1 aliphatic rings. The van der Waals surface area contributed by atoms with Crippen molar-refractivity contribution in [2.75, 3.05) is 6.54 Å². The largest absolute Gasteiger partial charge is 0.435 e. The van der Waals surface area contributed by atoms with Crippen molar-refractivity contribution in [3.63, 3.8) is 0 Å². The molecule has 0 saturated carbocycles. The number of rotatable bonds is 3. The molecule has 6 aromatic rings. The van der Waals surface area contributed by atoms with Gasteiger partial charge in [-0.2, -0.15) is 10.2 Å². The lowest BCUT2D eigenvalue weighted by atomic mass is 10.0. The Kier molecular flexibility index (Phi) is 4.34. The van der Waals surface area contributed by atoms with Crippen LogP contribution in [0.1, 0.15) is 33.7 Å². The normalized spacial score (nSPS) is 15.6. The number of fused-ring (bicyclic) bond motifs is 3. The Labute approximate surface area is 203 Å². The number of amides is 1. The van der Waals surface area contributed by atoms with Crippen LogP contribution < -0.4 is 0 Å². The number of carbonyl (C=O) groups is 1. The van der Waals surface area contributed by atoms with Crippen molar-refractivity contribution >= 4 is 22.5 Å². The third-order valence-corrected chi connectivity index (χ3v) is 6.59. The van der Waals surface area contributed by atoms with Crippen molar-refractivity contribution in [1.82, 2.24) is 39.2 Å². The van der Waals surface area contributed by atoms with Crippen LogP contribution in [-0.4, -0.2) is 51.7 Å². The Morgan fingerprint density at radius 3 is 2.89 bits per heavy atom. The first-order chi connectivity index (χ1) is 17.6. The second kappa shape index (κ2) is 7.60.